The molecular weight excluding hydrogens is 396 g/mol. The molecule has 1 rings (SSSR count). The van der Waals surface area contributed by atoms with Crippen molar-refractivity contribution in [2.24, 2.45) is 11.8 Å². The molecule has 0 radical (unpaired) electrons. The van der Waals surface area contributed by atoms with E-state index < -0.39 is 8.32 Å². The molecule has 1 aromatic rings. The second kappa shape index (κ2) is 12.8. The summed E-state index contributed by atoms with van der Waals surface area (Å²) in [4.78, 5) is 0. The molecule has 0 aromatic heterocycles. The van der Waals surface area contributed by atoms with Gasteiger partial charge in [0.2, 0.25) is 0 Å². The van der Waals surface area contributed by atoms with Gasteiger partial charge in [0.15, 0.2) is 8.32 Å². The van der Waals surface area contributed by atoms with Crippen LogP contribution in [0, 0.1) is 11.8 Å². The first kappa shape index (κ1) is 27.1. The molecular formula is C24H44O5Si. The summed E-state index contributed by atoms with van der Waals surface area (Å²) in [5.41, 5.74) is 1.15. The Hall–Kier alpha value is -0.923. The van der Waals surface area contributed by atoms with Crippen LogP contribution < -0.4 is 4.74 Å². The van der Waals surface area contributed by atoms with E-state index in [-0.39, 0.29) is 17.1 Å². The van der Waals surface area contributed by atoms with Gasteiger partial charge in [0.1, 0.15) is 12.5 Å². The lowest BCUT2D eigenvalue weighted by Gasteiger charge is -2.38. The first-order valence-electron chi connectivity index (χ1n) is 11.0. The van der Waals surface area contributed by atoms with Crippen molar-refractivity contribution in [1.82, 2.24) is 0 Å². The highest BCUT2D eigenvalue weighted by Crippen LogP contribution is 2.37. The van der Waals surface area contributed by atoms with Gasteiger partial charge in [-0.25, -0.2) is 0 Å². The Labute approximate surface area is 185 Å². The molecule has 0 fully saturated rings. The number of rotatable bonds is 14. The van der Waals surface area contributed by atoms with Crippen LogP contribution >= 0.6 is 0 Å². The van der Waals surface area contributed by atoms with Crippen LogP contribution in [0.25, 0.3) is 0 Å². The maximum atomic E-state index is 6.45. The summed E-state index contributed by atoms with van der Waals surface area (Å²) in [7, 11) is 1.56. The molecule has 0 aliphatic heterocycles. The zero-order valence-corrected chi connectivity index (χ0v) is 21.6. The average molecular weight is 441 g/mol. The Morgan fingerprint density at radius 2 is 1.60 bits per heavy atom. The van der Waals surface area contributed by atoms with Crippen molar-refractivity contribution in [3.8, 4) is 5.75 Å². The summed E-state index contributed by atoms with van der Waals surface area (Å²) in [5, 5.41) is 0.205. The largest absolute Gasteiger partial charge is 0.497 e. The van der Waals surface area contributed by atoms with Crippen LogP contribution in [0.3, 0.4) is 0 Å². The summed E-state index contributed by atoms with van der Waals surface area (Å²) in [6.45, 7) is 18.1. The van der Waals surface area contributed by atoms with Crippen molar-refractivity contribution in [3.05, 3.63) is 29.8 Å². The molecule has 0 heterocycles. The maximum absolute atomic E-state index is 6.45. The molecule has 0 saturated carbocycles. The minimum absolute atomic E-state index is 0.0688. The average Bonchev–Trinajstić information content (AvgIpc) is 2.69. The van der Waals surface area contributed by atoms with Gasteiger partial charge in [0, 0.05) is 26.2 Å². The highest BCUT2D eigenvalue weighted by atomic mass is 28.4. The van der Waals surface area contributed by atoms with Crippen molar-refractivity contribution in [3.63, 3.8) is 0 Å². The monoisotopic (exact) mass is 440 g/mol. The number of hydrogen-bond acceptors (Lipinski definition) is 5. The minimum Gasteiger partial charge on any atom is -0.497 e. The summed E-state index contributed by atoms with van der Waals surface area (Å²) < 4.78 is 28.8. The molecule has 0 N–H and O–H groups in total. The molecule has 0 amide bonds. The summed E-state index contributed by atoms with van der Waals surface area (Å²) in [6.07, 6.45) is 0.994. The van der Waals surface area contributed by atoms with E-state index in [4.69, 9.17) is 23.4 Å². The van der Waals surface area contributed by atoms with Crippen molar-refractivity contribution in [2.45, 2.75) is 71.9 Å². The van der Waals surface area contributed by atoms with Crippen LogP contribution in [-0.2, 0) is 25.2 Å². The SMILES string of the molecule is COCO[C@H]([C@H](C)CCOCc1ccc(OC)cc1)[C@@H](C)CO[Si](C)(C)C(C)(C)C. The number of methoxy groups -OCH3 is 2. The predicted octanol–water partition coefficient (Wildman–Crippen LogP) is 5.89. The van der Waals surface area contributed by atoms with Crippen LogP contribution in [-0.4, -0.2) is 48.6 Å². The van der Waals surface area contributed by atoms with E-state index in [0.29, 0.717) is 32.5 Å². The molecule has 3 atom stereocenters. The highest BCUT2D eigenvalue weighted by molar-refractivity contribution is 6.74. The first-order chi connectivity index (χ1) is 14.0. The highest BCUT2D eigenvalue weighted by Gasteiger charge is 2.38. The molecule has 5 nitrogen and oxygen atoms in total. The fourth-order valence-electron chi connectivity index (χ4n) is 3.03. The Morgan fingerprint density at radius 3 is 2.13 bits per heavy atom. The predicted molar refractivity (Wildman–Crippen MR) is 125 cm³/mol. The van der Waals surface area contributed by atoms with Crippen LogP contribution in [0.4, 0.5) is 0 Å². The number of ether oxygens (including phenoxy) is 4. The topological polar surface area (TPSA) is 46.2 Å². The first-order valence-corrected chi connectivity index (χ1v) is 13.9. The molecule has 174 valence electrons. The molecule has 1 aromatic carbocycles. The van der Waals surface area contributed by atoms with Crippen molar-refractivity contribution < 1.29 is 23.4 Å². The third-order valence-corrected chi connectivity index (χ3v) is 10.7. The van der Waals surface area contributed by atoms with E-state index in [0.717, 1.165) is 17.7 Å². The molecule has 0 spiro atoms. The van der Waals surface area contributed by atoms with Crippen molar-refractivity contribution in [2.75, 3.05) is 34.2 Å². The van der Waals surface area contributed by atoms with Crippen molar-refractivity contribution in [1.29, 1.82) is 0 Å². The number of benzene rings is 1. The second-order valence-electron chi connectivity index (χ2n) is 9.75. The fourth-order valence-corrected chi connectivity index (χ4v) is 4.14. The summed E-state index contributed by atoms with van der Waals surface area (Å²) in [6, 6.07) is 7.99. The van der Waals surface area contributed by atoms with Gasteiger partial charge < -0.3 is 23.4 Å². The zero-order chi connectivity index (χ0) is 22.8. The molecule has 0 saturated heterocycles. The Bertz CT molecular complexity index is 582. The van der Waals surface area contributed by atoms with Crippen LogP contribution in [0.2, 0.25) is 18.1 Å². The summed E-state index contributed by atoms with van der Waals surface area (Å²) >= 11 is 0. The Balaban J connectivity index is 2.52. The molecule has 0 aliphatic rings. The normalized spacial score (nSPS) is 15.6. The van der Waals surface area contributed by atoms with Crippen molar-refractivity contribution >= 4 is 8.32 Å². The van der Waals surface area contributed by atoms with Crippen LogP contribution in [0.15, 0.2) is 24.3 Å². The van der Waals surface area contributed by atoms with Gasteiger partial charge in [-0.2, -0.15) is 0 Å². The minimum atomic E-state index is -1.78. The molecule has 6 heteroatoms. The third-order valence-electron chi connectivity index (χ3n) is 6.16. The van der Waals surface area contributed by atoms with E-state index in [1.165, 1.54) is 0 Å². The van der Waals surface area contributed by atoms with E-state index in [9.17, 15) is 0 Å². The van der Waals surface area contributed by atoms with E-state index in [2.05, 4.69) is 47.7 Å². The van der Waals surface area contributed by atoms with E-state index in [1.54, 1.807) is 14.2 Å². The van der Waals surface area contributed by atoms with E-state index >= 15 is 0 Å². The molecule has 30 heavy (non-hydrogen) atoms. The quantitative estimate of drug-likeness (QED) is 0.205. The van der Waals surface area contributed by atoms with Gasteiger partial charge in [0.25, 0.3) is 0 Å². The lowest BCUT2D eigenvalue weighted by molar-refractivity contribution is -0.116. The Kier molecular flexibility index (Phi) is 11.6. The molecule has 0 bridgehead atoms. The second-order valence-corrected chi connectivity index (χ2v) is 14.6. The summed E-state index contributed by atoms with van der Waals surface area (Å²) in [5.74, 6) is 1.49. The van der Waals surface area contributed by atoms with Gasteiger partial charge in [-0.1, -0.05) is 46.8 Å². The number of hydrogen-bond donors (Lipinski definition) is 0. The van der Waals surface area contributed by atoms with Crippen LogP contribution in [0.1, 0.15) is 46.6 Å². The molecule has 0 aliphatic carbocycles. The van der Waals surface area contributed by atoms with E-state index in [1.807, 2.05) is 24.3 Å². The third kappa shape index (κ3) is 9.06. The maximum Gasteiger partial charge on any atom is 0.191 e. The van der Waals surface area contributed by atoms with Gasteiger partial charge in [-0.15, -0.1) is 0 Å². The zero-order valence-electron chi connectivity index (χ0n) is 20.6. The lowest BCUT2D eigenvalue weighted by atomic mass is 9.91. The van der Waals surface area contributed by atoms with Gasteiger partial charge in [-0.05, 0) is 48.2 Å². The smallest absolute Gasteiger partial charge is 0.191 e. The Morgan fingerprint density at radius 1 is 0.967 bits per heavy atom. The van der Waals surface area contributed by atoms with Gasteiger partial charge in [-0.3, -0.25) is 0 Å². The molecule has 0 unspecified atom stereocenters. The van der Waals surface area contributed by atoms with Gasteiger partial charge >= 0.3 is 0 Å². The fraction of sp³-hybridized carbons (Fsp3) is 0.750. The van der Waals surface area contributed by atoms with Gasteiger partial charge in [0.05, 0.1) is 19.8 Å². The lowest BCUT2D eigenvalue weighted by Crippen LogP contribution is -2.43. The van der Waals surface area contributed by atoms with Crippen LogP contribution in [0.5, 0.6) is 5.75 Å². The standard InChI is InChI=1S/C24H44O5Si/c1-19(14-15-27-17-21-10-12-22(26-7)13-11-21)23(28-18-25-6)20(2)16-29-30(8,9)24(3,4)5/h10-13,19-20,23H,14-18H2,1-9H3/t19-,20+,23-/m1/s1.